The number of rotatable bonds is 7. The molecule has 0 aromatic heterocycles. The van der Waals surface area contributed by atoms with E-state index in [4.69, 9.17) is 9.47 Å². The van der Waals surface area contributed by atoms with E-state index in [2.05, 4.69) is 12.7 Å². The first-order chi connectivity index (χ1) is 16.5. The van der Waals surface area contributed by atoms with Gasteiger partial charge in [0, 0.05) is 17.0 Å². The van der Waals surface area contributed by atoms with Gasteiger partial charge in [0.15, 0.2) is 11.6 Å². The molecule has 5 heteroatoms. The van der Waals surface area contributed by atoms with Crippen molar-refractivity contribution in [2.24, 2.45) is 0 Å². The van der Waals surface area contributed by atoms with Crippen molar-refractivity contribution in [3.63, 3.8) is 0 Å². The highest BCUT2D eigenvalue weighted by Gasteiger charge is 2.22. The van der Waals surface area contributed by atoms with Gasteiger partial charge in [-0.1, -0.05) is 61.2 Å². The summed E-state index contributed by atoms with van der Waals surface area (Å²) in [5.41, 5.74) is 2.64. The molecule has 2 unspecified atom stereocenters. The number of halogens is 3. The number of benzene rings is 3. The molecule has 2 atom stereocenters. The van der Waals surface area contributed by atoms with Crippen molar-refractivity contribution < 1.29 is 22.6 Å². The van der Waals surface area contributed by atoms with E-state index in [0.29, 0.717) is 23.3 Å². The maximum Gasteiger partial charge on any atom is 0.201 e. The first-order valence-corrected chi connectivity index (χ1v) is 11.4. The smallest absolute Gasteiger partial charge is 0.201 e. The number of hydrogen-bond donors (Lipinski definition) is 0. The number of hydrogen-bond acceptors (Lipinski definition) is 2. The molecule has 4 rings (SSSR count). The quantitative estimate of drug-likeness (QED) is 0.332. The van der Waals surface area contributed by atoms with Crippen molar-refractivity contribution in [3.05, 3.63) is 102 Å². The summed E-state index contributed by atoms with van der Waals surface area (Å²) in [4.78, 5) is 0. The van der Waals surface area contributed by atoms with E-state index in [1.807, 2.05) is 19.1 Å². The summed E-state index contributed by atoms with van der Waals surface area (Å²) in [5, 5.41) is 0. The van der Waals surface area contributed by atoms with Crippen molar-refractivity contribution in [3.8, 4) is 28.0 Å². The Bertz CT molecular complexity index is 1180. The zero-order chi connectivity index (χ0) is 24.1. The Morgan fingerprint density at radius 1 is 0.941 bits per heavy atom. The first-order valence-electron chi connectivity index (χ1n) is 11.4. The van der Waals surface area contributed by atoms with Crippen LogP contribution >= 0.6 is 0 Å². The second kappa shape index (κ2) is 10.7. The van der Waals surface area contributed by atoms with Gasteiger partial charge in [0.05, 0.1) is 12.7 Å². The van der Waals surface area contributed by atoms with Gasteiger partial charge in [-0.2, -0.15) is 4.39 Å². The van der Waals surface area contributed by atoms with Gasteiger partial charge >= 0.3 is 0 Å². The average molecular weight is 465 g/mol. The molecule has 34 heavy (non-hydrogen) atoms. The third-order valence-corrected chi connectivity index (χ3v) is 6.09. The van der Waals surface area contributed by atoms with Crippen LogP contribution in [0, 0.1) is 17.5 Å². The lowest BCUT2D eigenvalue weighted by Gasteiger charge is -2.28. The topological polar surface area (TPSA) is 18.5 Å². The average Bonchev–Trinajstić information content (AvgIpc) is 2.86. The van der Waals surface area contributed by atoms with Crippen molar-refractivity contribution >= 4 is 0 Å². The van der Waals surface area contributed by atoms with E-state index in [1.54, 1.807) is 36.4 Å². The number of allylic oxidation sites excluding steroid dienone is 1. The highest BCUT2D eigenvalue weighted by molar-refractivity contribution is 5.71. The molecule has 1 heterocycles. The molecule has 176 valence electrons. The van der Waals surface area contributed by atoms with Crippen molar-refractivity contribution in [1.82, 2.24) is 0 Å². The van der Waals surface area contributed by atoms with Gasteiger partial charge in [0.25, 0.3) is 0 Å². The summed E-state index contributed by atoms with van der Waals surface area (Å²) in [7, 11) is 0. The molecule has 2 nitrogen and oxygen atoms in total. The van der Waals surface area contributed by atoms with E-state index in [-0.39, 0.29) is 35.8 Å². The van der Waals surface area contributed by atoms with Crippen LogP contribution in [0.1, 0.15) is 31.2 Å². The van der Waals surface area contributed by atoms with Gasteiger partial charge in [0.2, 0.25) is 5.82 Å². The van der Waals surface area contributed by atoms with Crippen LogP contribution in [0.3, 0.4) is 0 Å². The van der Waals surface area contributed by atoms with Crippen LogP contribution in [-0.2, 0) is 4.74 Å². The normalized spacial score (nSPS) is 18.2. The van der Waals surface area contributed by atoms with E-state index in [9.17, 15) is 13.2 Å². The van der Waals surface area contributed by atoms with Crippen LogP contribution in [0.25, 0.3) is 22.3 Å². The van der Waals surface area contributed by atoms with Crippen LogP contribution in [0.4, 0.5) is 13.2 Å². The summed E-state index contributed by atoms with van der Waals surface area (Å²) in [5.74, 6) is -2.35. The third-order valence-electron chi connectivity index (χ3n) is 6.09. The van der Waals surface area contributed by atoms with Crippen molar-refractivity contribution in [1.29, 1.82) is 0 Å². The minimum absolute atomic E-state index is 0.0826. The highest BCUT2D eigenvalue weighted by atomic mass is 19.2. The van der Waals surface area contributed by atoms with Gasteiger partial charge in [0.1, 0.15) is 12.4 Å². The molecule has 0 aliphatic carbocycles. The molecule has 0 amide bonds. The fourth-order valence-electron chi connectivity index (χ4n) is 4.26. The van der Waals surface area contributed by atoms with Gasteiger partial charge in [-0.25, -0.2) is 8.78 Å². The second-order valence-corrected chi connectivity index (χ2v) is 8.33. The summed E-state index contributed by atoms with van der Waals surface area (Å²) in [6.45, 7) is 6.12. The first kappa shape index (κ1) is 23.8. The Morgan fingerprint density at radius 3 is 2.26 bits per heavy atom. The summed E-state index contributed by atoms with van der Waals surface area (Å²) in [6.07, 6.45) is 7.50. The molecule has 0 N–H and O–H groups in total. The van der Waals surface area contributed by atoms with Crippen LogP contribution in [0.5, 0.6) is 5.75 Å². The molecular formula is C29H27F3O2. The monoisotopic (exact) mass is 464 g/mol. The Labute approximate surface area is 198 Å². The zero-order valence-corrected chi connectivity index (χ0v) is 19.1. The Kier molecular flexibility index (Phi) is 7.53. The van der Waals surface area contributed by atoms with Gasteiger partial charge in [-0.05, 0) is 54.7 Å². The van der Waals surface area contributed by atoms with Gasteiger partial charge in [-0.15, -0.1) is 0 Å². The van der Waals surface area contributed by atoms with Crippen LogP contribution in [-0.4, -0.2) is 19.3 Å². The predicted octanol–water partition coefficient (Wildman–Crippen LogP) is 7.84. The lowest BCUT2D eigenvalue weighted by Crippen LogP contribution is -2.23. The lowest BCUT2D eigenvalue weighted by atomic mass is 9.89. The molecule has 1 saturated heterocycles. The minimum atomic E-state index is -1.05. The molecule has 3 aromatic carbocycles. The van der Waals surface area contributed by atoms with Gasteiger partial charge < -0.3 is 9.47 Å². The fourth-order valence-corrected chi connectivity index (χ4v) is 4.26. The summed E-state index contributed by atoms with van der Waals surface area (Å²) in [6, 6.07) is 14.9. The van der Waals surface area contributed by atoms with Crippen molar-refractivity contribution in [2.75, 3.05) is 13.2 Å². The van der Waals surface area contributed by atoms with Crippen LogP contribution < -0.4 is 4.74 Å². The van der Waals surface area contributed by atoms with Crippen LogP contribution in [0.2, 0.25) is 0 Å². The number of ether oxygens (including phenoxy) is 2. The Morgan fingerprint density at radius 2 is 1.65 bits per heavy atom. The standard InChI is InChI=1S/C29H27F3O2/c1-3-5-23-12-10-22(18-34-23)21-11-13-24(26(30)17-21)19-6-8-20(9-7-19)25-14-15-27(33-16-4-2)29(32)28(25)31/h3-9,11,13-15,17,22-23H,2,10,12,16,18H2,1H3/b5-3+. The van der Waals surface area contributed by atoms with E-state index in [1.165, 1.54) is 18.2 Å². The second-order valence-electron chi connectivity index (χ2n) is 8.33. The highest BCUT2D eigenvalue weighted by Crippen LogP contribution is 2.34. The maximum absolute atomic E-state index is 15.0. The molecule has 0 bridgehead atoms. The molecule has 0 saturated carbocycles. The molecule has 0 radical (unpaired) electrons. The predicted molar refractivity (Wildman–Crippen MR) is 129 cm³/mol. The fraction of sp³-hybridized carbons (Fsp3) is 0.241. The SMILES string of the molecule is C=CCOc1ccc(-c2ccc(-c3ccc(C4CCC(/C=C/C)OC4)cc3F)cc2)c(F)c1F. The Hall–Kier alpha value is -3.31. The van der Waals surface area contributed by atoms with E-state index in [0.717, 1.165) is 18.4 Å². The molecule has 0 spiro atoms. The van der Waals surface area contributed by atoms with Crippen molar-refractivity contribution in [2.45, 2.75) is 31.8 Å². The molecule has 1 aliphatic heterocycles. The molecule has 1 aliphatic rings. The lowest BCUT2D eigenvalue weighted by molar-refractivity contribution is 0.0326. The zero-order valence-electron chi connectivity index (χ0n) is 19.1. The molecule has 3 aromatic rings. The third kappa shape index (κ3) is 5.10. The molecule has 1 fully saturated rings. The largest absolute Gasteiger partial charge is 0.486 e. The summed E-state index contributed by atoms with van der Waals surface area (Å²) >= 11 is 0. The van der Waals surface area contributed by atoms with Crippen LogP contribution in [0.15, 0.2) is 79.4 Å². The summed E-state index contributed by atoms with van der Waals surface area (Å²) < 4.78 is 54.9. The van der Waals surface area contributed by atoms with E-state index >= 15 is 0 Å². The van der Waals surface area contributed by atoms with Gasteiger partial charge in [-0.3, -0.25) is 0 Å². The Balaban J connectivity index is 1.51. The molecular weight excluding hydrogens is 437 g/mol. The van der Waals surface area contributed by atoms with E-state index < -0.39 is 11.6 Å². The minimum Gasteiger partial charge on any atom is -0.486 e. The maximum atomic E-state index is 15.0.